The highest BCUT2D eigenvalue weighted by Crippen LogP contribution is 2.33. The number of methoxy groups -OCH3 is 2. The Morgan fingerprint density at radius 3 is 2.50 bits per heavy atom. The average molecular weight is 358 g/mol. The molecule has 0 aliphatic carbocycles. The molecule has 0 radical (unpaired) electrons. The summed E-state index contributed by atoms with van der Waals surface area (Å²) >= 11 is 0. The Balaban J connectivity index is 0.00000288. The van der Waals surface area contributed by atoms with E-state index in [-0.39, 0.29) is 23.9 Å². The van der Waals surface area contributed by atoms with Crippen LogP contribution in [0.5, 0.6) is 11.5 Å². The predicted molar refractivity (Wildman–Crippen MR) is 94.2 cm³/mol. The first kappa shape index (κ1) is 20.1. The minimum atomic E-state index is -0.638. The molecular weight excluding hydrogens is 334 g/mol. The van der Waals surface area contributed by atoms with Gasteiger partial charge in [0.15, 0.2) is 11.5 Å². The standard InChI is InChI=1S/C16H23N3O4.ClH/c1-22-13-7-11(16(17)21)12(8-14(13)23-2)19-15(20)4-3-10-5-6-18-9-10;/h7-8,10,18H,3-6,9H2,1-2H3,(H2,17,21)(H,19,20);1H. The summed E-state index contributed by atoms with van der Waals surface area (Å²) in [5, 5.41) is 6.02. The number of hydrogen-bond acceptors (Lipinski definition) is 5. The second-order valence-corrected chi connectivity index (χ2v) is 5.56. The molecule has 1 aliphatic heterocycles. The van der Waals surface area contributed by atoms with Gasteiger partial charge in [0.05, 0.1) is 25.5 Å². The van der Waals surface area contributed by atoms with Crippen molar-refractivity contribution in [1.82, 2.24) is 5.32 Å². The minimum Gasteiger partial charge on any atom is -0.493 e. The summed E-state index contributed by atoms with van der Waals surface area (Å²) in [6, 6.07) is 3.02. The lowest BCUT2D eigenvalue weighted by Gasteiger charge is -2.14. The van der Waals surface area contributed by atoms with Crippen molar-refractivity contribution in [2.75, 3.05) is 32.6 Å². The highest BCUT2D eigenvalue weighted by molar-refractivity contribution is 6.03. The maximum atomic E-state index is 12.1. The first-order valence-corrected chi connectivity index (χ1v) is 7.61. The van der Waals surface area contributed by atoms with Crippen molar-refractivity contribution >= 4 is 29.9 Å². The summed E-state index contributed by atoms with van der Waals surface area (Å²) < 4.78 is 10.3. The third-order valence-corrected chi connectivity index (χ3v) is 4.01. The zero-order valence-corrected chi connectivity index (χ0v) is 14.7. The maximum absolute atomic E-state index is 12.1. The highest BCUT2D eigenvalue weighted by atomic mass is 35.5. The van der Waals surface area contributed by atoms with Crippen molar-refractivity contribution < 1.29 is 19.1 Å². The molecule has 1 fully saturated rings. The smallest absolute Gasteiger partial charge is 0.250 e. The lowest BCUT2D eigenvalue weighted by Crippen LogP contribution is -2.19. The van der Waals surface area contributed by atoms with Gasteiger partial charge in [-0.25, -0.2) is 0 Å². The van der Waals surface area contributed by atoms with Crippen LogP contribution in [-0.2, 0) is 4.79 Å². The molecular formula is C16H24ClN3O4. The van der Waals surface area contributed by atoms with E-state index in [1.807, 2.05) is 0 Å². The molecule has 4 N–H and O–H groups in total. The van der Waals surface area contributed by atoms with Gasteiger partial charge in [0, 0.05) is 12.5 Å². The molecule has 24 heavy (non-hydrogen) atoms. The topological polar surface area (TPSA) is 103 Å². The van der Waals surface area contributed by atoms with Crippen molar-refractivity contribution in [1.29, 1.82) is 0 Å². The van der Waals surface area contributed by atoms with Gasteiger partial charge < -0.3 is 25.8 Å². The Hall–Kier alpha value is -1.99. The molecule has 1 aromatic rings. The molecule has 7 nitrogen and oxygen atoms in total. The van der Waals surface area contributed by atoms with Crippen LogP contribution in [0.4, 0.5) is 5.69 Å². The molecule has 1 aromatic carbocycles. The fourth-order valence-electron chi connectivity index (χ4n) is 2.70. The van der Waals surface area contributed by atoms with E-state index in [0.29, 0.717) is 29.5 Å². The first-order chi connectivity index (χ1) is 11.0. The van der Waals surface area contributed by atoms with Crippen LogP contribution in [0.25, 0.3) is 0 Å². The SMILES string of the molecule is COc1cc(NC(=O)CCC2CCNC2)c(C(N)=O)cc1OC.Cl. The third kappa shape index (κ3) is 5.01. The van der Waals surface area contributed by atoms with Crippen LogP contribution in [-0.4, -0.2) is 39.1 Å². The zero-order valence-electron chi connectivity index (χ0n) is 13.9. The highest BCUT2D eigenvalue weighted by Gasteiger charge is 2.19. The number of nitrogens with two attached hydrogens (primary N) is 1. The van der Waals surface area contributed by atoms with Gasteiger partial charge in [0.2, 0.25) is 5.91 Å². The number of benzene rings is 1. The number of nitrogens with one attached hydrogen (secondary N) is 2. The molecule has 1 saturated heterocycles. The summed E-state index contributed by atoms with van der Waals surface area (Å²) in [5.41, 5.74) is 5.91. The van der Waals surface area contributed by atoms with Crippen LogP contribution in [0.2, 0.25) is 0 Å². The Kier molecular flexibility index (Phi) is 7.81. The number of carbonyl (C=O) groups is 2. The van der Waals surface area contributed by atoms with Crippen LogP contribution in [0.15, 0.2) is 12.1 Å². The van der Waals surface area contributed by atoms with E-state index >= 15 is 0 Å². The van der Waals surface area contributed by atoms with E-state index in [1.54, 1.807) is 6.07 Å². The first-order valence-electron chi connectivity index (χ1n) is 7.61. The molecule has 2 amide bonds. The second-order valence-electron chi connectivity index (χ2n) is 5.56. The number of hydrogen-bond donors (Lipinski definition) is 3. The van der Waals surface area contributed by atoms with Gasteiger partial charge in [-0.15, -0.1) is 12.4 Å². The maximum Gasteiger partial charge on any atom is 0.250 e. The van der Waals surface area contributed by atoms with Gasteiger partial charge in [-0.05, 0) is 37.9 Å². The van der Waals surface area contributed by atoms with Crippen molar-refractivity contribution in [3.05, 3.63) is 17.7 Å². The van der Waals surface area contributed by atoms with Gasteiger partial charge in [-0.3, -0.25) is 9.59 Å². The van der Waals surface area contributed by atoms with E-state index in [1.165, 1.54) is 20.3 Å². The summed E-state index contributed by atoms with van der Waals surface area (Å²) in [6.07, 6.45) is 2.31. The lowest BCUT2D eigenvalue weighted by molar-refractivity contribution is -0.116. The van der Waals surface area contributed by atoms with Crippen LogP contribution in [0, 0.1) is 5.92 Å². The predicted octanol–water partition coefficient (Wildman–Crippen LogP) is 1.55. The number of primary amides is 1. The Labute approximate surface area is 147 Å². The zero-order chi connectivity index (χ0) is 16.8. The monoisotopic (exact) mass is 357 g/mol. The number of ether oxygens (including phenoxy) is 2. The van der Waals surface area contributed by atoms with E-state index in [4.69, 9.17) is 15.2 Å². The Morgan fingerprint density at radius 1 is 1.29 bits per heavy atom. The third-order valence-electron chi connectivity index (χ3n) is 4.01. The molecule has 1 unspecified atom stereocenters. The van der Waals surface area contributed by atoms with E-state index in [0.717, 1.165) is 25.9 Å². The van der Waals surface area contributed by atoms with Gasteiger partial charge in [-0.1, -0.05) is 0 Å². The molecule has 0 saturated carbocycles. The van der Waals surface area contributed by atoms with Gasteiger partial charge in [0.25, 0.3) is 5.91 Å². The summed E-state index contributed by atoms with van der Waals surface area (Å²) in [4.78, 5) is 23.7. The fourth-order valence-corrected chi connectivity index (χ4v) is 2.70. The minimum absolute atomic E-state index is 0. The van der Waals surface area contributed by atoms with Crippen LogP contribution < -0.4 is 25.8 Å². The Morgan fingerprint density at radius 2 is 1.96 bits per heavy atom. The van der Waals surface area contributed by atoms with Crippen LogP contribution in [0.3, 0.4) is 0 Å². The molecule has 1 atom stereocenters. The summed E-state index contributed by atoms with van der Waals surface area (Å²) in [6.45, 7) is 1.96. The van der Waals surface area contributed by atoms with Crippen molar-refractivity contribution in [2.45, 2.75) is 19.3 Å². The Bertz CT molecular complexity index is 589. The molecule has 0 bridgehead atoms. The number of amides is 2. The quantitative estimate of drug-likeness (QED) is 0.687. The fraction of sp³-hybridized carbons (Fsp3) is 0.500. The number of carbonyl (C=O) groups excluding carboxylic acids is 2. The number of halogens is 1. The molecule has 1 heterocycles. The summed E-state index contributed by atoms with van der Waals surface area (Å²) in [5.74, 6) is 0.554. The largest absolute Gasteiger partial charge is 0.493 e. The van der Waals surface area contributed by atoms with Crippen molar-refractivity contribution in [3.63, 3.8) is 0 Å². The van der Waals surface area contributed by atoms with Crippen LogP contribution >= 0.6 is 12.4 Å². The van der Waals surface area contributed by atoms with E-state index in [2.05, 4.69) is 10.6 Å². The molecule has 1 aliphatic rings. The molecule has 8 heteroatoms. The molecule has 0 aromatic heterocycles. The number of rotatable bonds is 7. The average Bonchev–Trinajstić information content (AvgIpc) is 3.05. The van der Waals surface area contributed by atoms with Crippen molar-refractivity contribution in [3.8, 4) is 11.5 Å². The van der Waals surface area contributed by atoms with Crippen molar-refractivity contribution in [2.24, 2.45) is 11.7 Å². The lowest BCUT2D eigenvalue weighted by atomic mass is 10.0. The van der Waals surface area contributed by atoms with Gasteiger partial charge in [-0.2, -0.15) is 0 Å². The van der Waals surface area contributed by atoms with Crippen LogP contribution in [0.1, 0.15) is 29.6 Å². The molecule has 2 rings (SSSR count). The normalized spacial score (nSPS) is 16.2. The molecule has 0 spiro atoms. The van der Waals surface area contributed by atoms with E-state index in [9.17, 15) is 9.59 Å². The summed E-state index contributed by atoms with van der Waals surface area (Å²) in [7, 11) is 2.96. The van der Waals surface area contributed by atoms with E-state index < -0.39 is 5.91 Å². The second kappa shape index (κ2) is 9.34. The molecule has 134 valence electrons. The van der Waals surface area contributed by atoms with Gasteiger partial charge in [0.1, 0.15) is 0 Å². The van der Waals surface area contributed by atoms with Gasteiger partial charge >= 0.3 is 0 Å². The number of anilines is 1.